The van der Waals surface area contributed by atoms with Gasteiger partial charge in [0.15, 0.2) is 0 Å². The van der Waals surface area contributed by atoms with Gasteiger partial charge in [0.1, 0.15) is 11.5 Å². The molecule has 4 heteroatoms. The van der Waals surface area contributed by atoms with E-state index in [0.717, 1.165) is 61.9 Å². The maximum absolute atomic E-state index is 6.66. The fourth-order valence-electron chi connectivity index (χ4n) is 10.2. The van der Waals surface area contributed by atoms with Crippen molar-refractivity contribution >= 4 is 0 Å². The minimum absolute atomic E-state index is 0.0664. The van der Waals surface area contributed by atoms with Crippen LogP contribution in [-0.2, 0) is 27.7 Å². The number of ether oxygens (including phenoxy) is 4. The third-order valence-corrected chi connectivity index (χ3v) is 14.0. The van der Waals surface area contributed by atoms with Crippen molar-refractivity contribution < 1.29 is 18.9 Å². The van der Waals surface area contributed by atoms with Gasteiger partial charge in [-0.2, -0.15) is 0 Å². The number of rotatable bonds is 19. The van der Waals surface area contributed by atoms with Crippen molar-refractivity contribution in [1.82, 2.24) is 0 Å². The van der Waals surface area contributed by atoms with Gasteiger partial charge < -0.3 is 18.9 Å². The topological polar surface area (TPSA) is 36.9 Å². The number of hydrogen-bond donors (Lipinski definition) is 0. The van der Waals surface area contributed by atoms with Crippen LogP contribution in [0, 0.1) is 28.6 Å². The highest BCUT2D eigenvalue weighted by Gasteiger charge is 2.34. The Morgan fingerprint density at radius 3 is 1.48 bits per heavy atom. The summed E-state index contributed by atoms with van der Waals surface area (Å²) in [5, 5.41) is 0. The Bertz CT molecular complexity index is 1920. The first-order valence-corrected chi connectivity index (χ1v) is 25.6. The summed E-state index contributed by atoms with van der Waals surface area (Å²) in [6, 6.07) is 36.8. The van der Waals surface area contributed by atoms with E-state index in [1.807, 2.05) is 0 Å². The molecule has 4 aromatic rings. The van der Waals surface area contributed by atoms with Crippen molar-refractivity contribution in [2.45, 2.75) is 210 Å². The molecular weight excluding hydrogens is 797 g/mol. The molecule has 0 amide bonds. The van der Waals surface area contributed by atoms with Gasteiger partial charge in [-0.3, -0.25) is 0 Å². The molecule has 0 N–H and O–H groups in total. The molecule has 1 saturated carbocycles. The summed E-state index contributed by atoms with van der Waals surface area (Å²) >= 11 is 0. The predicted octanol–water partition coefficient (Wildman–Crippen LogP) is 17.1. The van der Waals surface area contributed by atoms with E-state index in [4.69, 9.17) is 18.9 Å². The van der Waals surface area contributed by atoms with Crippen LogP contribution in [0.5, 0.6) is 11.5 Å². The Labute approximate surface area is 398 Å². The summed E-state index contributed by atoms with van der Waals surface area (Å²) in [6.07, 6.45) is 12.0. The second-order valence-corrected chi connectivity index (χ2v) is 23.6. The summed E-state index contributed by atoms with van der Waals surface area (Å²) in [5.74, 6) is 5.21. The molecule has 4 aromatic carbocycles. The molecule has 2 aliphatic rings. The molecule has 0 saturated heterocycles. The van der Waals surface area contributed by atoms with Crippen LogP contribution in [-0.4, -0.2) is 24.8 Å². The molecule has 0 heterocycles. The molecule has 4 nitrogen and oxygen atoms in total. The molecule has 4 atom stereocenters. The largest absolute Gasteiger partial charge is 0.465 e. The molecule has 0 aliphatic heterocycles. The van der Waals surface area contributed by atoms with Crippen LogP contribution in [0.3, 0.4) is 0 Å². The zero-order valence-electron chi connectivity index (χ0n) is 43.4. The van der Waals surface area contributed by atoms with Gasteiger partial charge in [0.2, 0.25) is 12.6 Å². The van der Waals surface area contributed by atoms with E-state index in [2.05, 4.69) is 200 Å². The van der Waals surface area contributed by atoms with Crippen LogP contribution in [0.2, 0.25) is 0 Å². The third-order valence-electron chi connectivity index (χ3n) is 14.0. The summed E-state index contributed by atoms with van der Waals surface area (Å²) in [7, 11) is 0. The first-order chi connectivity index (χ1) is 30.7. The fraction of sp³-hybridized carbons (Fsp3) is 0.607. The minimum Gasteiger partial charge on any atom is -0.465 e. The first kappa shape index (κ1) is 52.4. The van der Waals surface area contributed by atoms with Crippen molar-refractivity contribution in [1.29, 1.82) is 0 Å². The van der Waals surface area contributed by atoms with Crippen LogP contribution in [0.15, 0.2) is 103 Å². The standard InChI is InChI=1S/C32H40O2.C29H50O2/c1-23(2)19-24(3)25-15-17-29(18-16-25)33-31(22-32(4,5)28-13-7-6-8-14-28)34-30-20-26-11-9-10-12-27(26)21-30;1-10-22(19-21(2)3)23-11-15-25(16-12-23)30-27(20-28(4,5)6)31-26-17-13-24(14-18-26)29(7,8)9/h6-18,23-24,30-31H,19-22H2,1-5H3;11-12,15-16,21-22,24,26-27H,10,13-14,17-20H2,1-9H3. The number of hydrogen-bond acceptors (Lipinski definition) is 4. The lowest BCUT2D eigenvalue weighted by molar-refractivity contribution is -0.147. The molecule has 4 unspecified atom stereocenters. The maximum atomic E-state index is 6.66. The summed E-state index contributed by atoms with van der Waals surface area (Å²) < 4.78 is 26.2. The Morgan fingerprint density at radius 1 is 0.523 bits per heavy atom. The average molecular weight is 887 g/mol. The second-order valence-electron chi connectivity index (χ2n) is 23.6. The molecule has 2 aliphatic carbocycles. The Kier molecular flexibility index (Phi) is 19.3. The van der Waals surface area contributed by atoms with Crippen LogP contribution >= 0.6 is 0 Å². The van der Waals surface area contributed by atoms with E-state index in [9.17, 15) is 0 Å². The van der Waals surface area contributed by atoms with E-state index >= 15 is 0 Å². The molecule has 0 spiro atoms. The Balaban J connectivity index is 0.000000245. The van der Waals surface area contributed by atoms with Gasteiger partial charge in [-0.05, 0) is 156 Å². The van der Waals surface area contributed by atoms with Gasteiger partial charge in [-0.15, -0.1) is 0 Å². The van der Waals surface area contributed by atoms with Crippen LogP contribution in [0.25, 0.3) is 0 Å². The zero-order valence-corrected chi connectivity index (χ0v) is 43.4. The highest BCUT2D eigenvalue weighted by atomic mass is 16.7. The van der Waals surface area contributed by atoms with Gasteiger partial charge in [-0.1, -0.05) is 176 Å². The highest BCUT2D eigenvalue weighted by Crippen LogP contribution is 2.40. The van der Waals surface area contributed by atoms with Crippen LogP contribution in [0.4, 0.5) is 0 Å². The molecule has 0 bridgehead atoms. The Hall–Kier alpha value is -3.60. The van der Waals surface area contributed by atoms with Gasteiger partial charge in [0.25, 0.3) is 0 Å². The molecule has 1 fully saturated rings. The van der Waals surface area contributed by atoms with Crippen molar-refractivity contribution in [3.05, 3.63) is 131 Å². The second kappa shape index (κ2) is 23.9. The van der Waals surface area contributed by atoms with Crippen molar-refractivity contribution in [3.8, 4) is 11.5 Å². The first-order valence-electron chi connectivity index (χ1n) is 25.6. The van der Waals surface area contributed by atoms with Gasteiger partial charge in [0, 0.05) is 12.8 Å². The van der Waals surface area contributed by atoms with E-state index in [1.165, 1.54) is 59.9 Å². The molecule has 358 valence electrons. The summed E-state index contributed by atoms with van der Waals surface area (Å²) in [6.45, 7) is 32.3. The monoisotopic (exact) mass is 887 g/mol. The lowest BCUT2D eigenvalue weighted by Gasteiger charge is -2.38. The van der Waals surface area contributed by atoms with E-state index in [-0.39, 0.29) is 29.5 Å². The lowest BCUT2D eigenvalue weighted by Crippen LogP contribution is -2.35. The molecule has 0 aromatic heterocycles. The smallest absolute Gasteiger partial charge is 0.200 e. The molecule has 0 radical (unpaired) electrons. The average Bonchev–Trinajstić information content (AvgIpc) is 3.65. The van der Waals surface area contributed by atoms with E-state index in [0.29, 0.717) is 29.3 Å². The SMILES string of the molecule is CC(C)CC(C)c1ccc(OC(CC(C)(C)c2ccccc2)OC2Cc3ccccc3C2)cc1.CCC(CC(C)C)c1ccc(OC(CC(C)(C)C)OC2CCC(C(C)(C)C)CC2)cc1. The molecule has 65 heavy (non-hydrogen) atoms. The van der Waals surface area contributed by atoms with Crippen molar-refractivity contribution in [3.63, 3.8) is 0 Å². The van der Waals surface area contributed by atoms with Crippen LogP contribution in [0.1, 0.15) is 194 Å². The normalized spacial score (nSPS) is 19.0. The third kappa shape index (κ3) is 17.2. The van der Waals surface area contributed by atoms with Crippen molar-refractivity contribution in [2.75, 3.05) is 0 Å². The lowest BCUT2D eigenvalue weighted by atomic mass is 9.72. The fourth-order valence-corrected chi connectivity index (χ4v) is 10.2. The van der Waals surface area contributed by atoms with Gasteiger partial charge >= 0.3 is 0 Å². The molecular formula is C61H90O4. The predicted molar refractivity (Wildman–Crippen MR) is 275 cm³/mol. The van der Waals surface area contributed by atoms with Gasteiger partial charge in [-0.25, -0.2) is 0 Å². The maximum Gasteiger partial charge on any atom is 0.200 e. The quantitative estimate of drug-likeness (QED) is 0.0879. The van der Waals surface area contributed by atoms with E-state index in [1.54, 1.807) is 0 Å². The van der Waals surface area contributed by atoms with Gasteiger partial charge in [0.05, 0.1) is 12.2 Å². The zero-order chi connectivity index (χ0) is 47.4. The van der Waals surface area contributed by atoms with E-state index < -0.39 is 0 Å². The minimum atomic E-state index is -0.312. The van der Waals surface area contributed by atoms with Crippen LogP contribution < -0.4 is 9.47 Å². The number of fused-ring (bicyclic) bond motifs is 1. The highest BCUT2D eigenvalue weighted by molar-refractivity contribution is 5.33. The summed E-state index contributed by atoms with van der Waals surface area (Å²) in [5.41, 5.74) is 7.40. The Morgan fingerprint density at radius 2 is 1.00 bits per heavy atom. The molecule has 6 rings (SSSR count). The number of benzene rings is 4. The summed E-state index contributed by atoms with van der Waals surface area (Å²) in [4.78, 5) is 0. The van der Waals surface area contributed by atoms with Crippen molar-refractivity contribution in [2.24, 2.45) is 28.6 Å².